The number of amides is 1. The van der Waals surface area contributed by atoms with Gasteiger partial charge in [0.15, 0.2) is 5.60 Å². The Morgan fingerprint density at radius 1 is 1.37 bits per heavy atom. The molecule has 0 aromatic rings. The van der Waals surface area contributed by atoms with Crippen molar-refractivity contribution in [3.8, 4) is 0 Å². The van der Waals surface area contributed by atoms with Gasteiger partial charge in [-0.1, -0.05) is 0 Å². The fourth-order valence-electron chi connectivity index (χ4n) is 1.74. The van der Waals surface area contributed by atoms with Crippen LogP contribution in [0.1, 0.15) is 40.5 Å². The zero-order valence-electron chi connectivity index (χ0n) is 11.6. The van der Waals surface area contributed by atoms with E-state index in [1.165, 1.54) is 0 Å². The fraction of sp³-hybridized carbons (Fsp3) is 0.750. The van der Waals surface area contributed by atoms with Crippen LogP contribution < -0.4 is 5.32 Å². The first-order valence-corrected chi connectivity index (χ1v) is 6.02. The SMILES string of the molecule is CC(=NC1CC(O)(C(=O)O)C1)NC(=O)OC(C)(C)C. The first kappa shape index (κ1) is 15.4. The maximum Gasteiger partial charge on any atom is 0.413 e. The smallest absolute Gasteiger partial charge is 0.413 e. The minimum Gasteiger partial charge on any atom is -0.479 e. The van der Waals surface area contributed by atoms with Gasteiger partial charge in [-0.3, -0.25) is 10.3 Å². The molecule has 0 heterocycles. The Kier molecular flexibility index (Phi) is 4.19. The monoisotopic (exact) mass is 272 g/mol. The van der Waals surface area contributed by atoms with Crippen molar-refractivity contribution in [2.24, 2.45) is 4.99 Å². The molecule has 0 aromatic carbocycles. The first-order chi connectivity index (χ1) is 8.52. The van der Waals surface area contributed by atoms with Crippen molar-refractivity contribution >= 4 is 17.9 Å². The minimum atomic E-state index is -1.68. The lowest BCUT2D eigenvalue weighted by Crippen LogP contribution is -2.53. The van der Waals surface area contributed by atoms with Gasteiger partial charge in [-0.25, -0.2) is 9.59 Å². The van der Waals surface area contributed by atoms with E-state index in [1.807, 2.05) is 0 Å². The van der Waals surface area contributed by atoms with Gasteiger partial charge in [0.05, 0.1) is 6.04 Å². The molecule has 0 radical (unpaired) electrons. The molecule has 0 aliphatic heterocycles. The summed E-state index contributed by atoms with van der Waals surface area (Å²) in [5.74, 6) is -0.900. The number of aliphatic carboxylic acids is 1. The van der Waals surface area contributed by atoms with E-state index in [9.17, 15) is 14.7 Å². The van der Waals surface area contributed by atoms with Gasteiger partial charge in [-0.2, -0.15) is 0 Å². The van der Waals surface area contributed by atoms with E-state index in [1.54, 1.807) is 27.7 Å². The van der Waals surface area contributed by atoms with Crippen LogP contribution in [0.25, 0.3) is 0 Å². The van der Waals surface area contributed by atoms with Crippen LogP contribution in [0.5, 0.6) is 0 Å². The van der Waals surface area contributed by atoms with E-state index in [0.717, 1.165) is 0 Å². The summed E-state index contributed by atoms with van der Waals surface area (Å²) in [6, 6.07) is -0.295. The number of amidine groups is 1. The third kappa shape index (κ3) is 4.51. The Balaban J connectivity index is 2.44. The zero-order chi connectivity index (χ0) is 14.8. The molecule has 0 spiro atoms. The molecular weight excluding hydrogens is 252 g/mol. The van der Waals surface area contributed by atoms with E-state index in [-0.39, 0.29) is 18.9 Å². The Labute approximate surface area is 111 Å². The van der Waals surface area contributed by atoms with E-state index in [0.29, 0.717) is 5.84 Å². The molecule has 1 saturated carbocycles. The number of nitrogens with zero attached hydrogens (tertiary/aromatic N) is 1. The van der Waals surface area contributed by atoms with Crippen molar-refractivity contribution in [3.05, 3.63) is 0 Å². The number of carbonyl (C=O) groups excluding carboxylic acids is 1. The number of carboxylic acid groups (broad SMARTS) is 1. The standard InChI is InChI=1S/C12H20N2O5/c1-7(14-10(17)19-11(2,3)4)13-8-5-12(18,6-8)9(15)16/h8,18H,5-6H2,1-4H3,(H,15,16)(H,13,14,17). The molecule has 7 nitrogen and oxygen atoms in total. The average Bonchev–Trinajstić information content (AvgIpc) is 2.10. The molecule has 3 N–H and O–H groups in total. The van der Waals surface area contributed by atoms with Gasteiger partial charge in [-0.15, -0.1) is 0 Å². The van der Waals surface area contributed by atoms with Gasteiger partial charge in [0.25, 0.3) is 0 Å². The van der Waals surface area contributed by atoms with Crippen LogP contribution in [0.3, 0.4) is 0 Å². The van der Waals surface area contributed by atoms with Gasteiger partial charge in [0.1, 0.15) is 11.4 Å². The zero-order valence-corrected chi connectivity index (χ0v) is 11.6. The van der Waals surface area contributed by atoms with Crippen LogP contribution >= 0.6 is 0 Å². The normalized spacial score (nSPS) is 27.4. The Hall–Kier alpha value is -1.63. The number of alkyl carbamates (subject to hydrolysis) is 1. The number of hydrogen-bond acceptors (Lipinski definition) is 5. The second-order valence-electron chi connectivity index (χ2n) is 5.74. The second-order valence-corrected chi connectivity index (χ2v) is 5.74. The molecule has 7 heteroatoms. The highest BCUT2D eigenvalue weighted by molar-refractivity contribution is 5.94. The number of carboxylic acids is 1. The van der Waals surface area contributed by atoms with Crippen molar-refractivity contribution < 1.29 is 24.5 Å². The summed E-state index contributed by atoms with van der Waals surface area (Å²) >= 11 is 0. The quantitative estimate of drug-likeness (QED) is 0.511. The van der Waals surface area contributed by atoms with Crippen molar-refractivity contribution in [2.45, 2.75) is 57.8 Å². The lowest BCUT2D eigenvalue weighted by molar-refractivity contribution is -0.169. The minimum absolute atomic E-state index is 0.0513. The van der Waals surface area contributed by atoms with Gasteiger partial charge in [0.2, 0.25) is 0 Å². The topological polar surface area (TPSA) is 108 Å². The molecule has 0 unspecified atom stereocenters. The Bertz CT molecular complexity index is 405. The summed E-state index contributed by atoms with van der Waals surface area (Å²) in [6.45, 7) is 6.83. The first-order valence-electron chi connectivity index (χ1n) is 6.02. The summed E-state index contributed by atoms with van der Waals surface area (Å²) in [6.07, 6.45) is -0.507. The number of nitrogens with one attached hydrogen (secondary N) is 1. The van der Waals surface area contributed by atoms with Gasteiger partial charge >= 0.3 is 12.1 Å². The highest BCUT2D eigenvalue weighted by atomic mass is 16.6. The maximum atomic E-state index is 11.4. The Morgan fingerprint density at radius 2 is 1.89 bits per heavy atom. The summed E-state index contributed by atoms with van der Waals surface area (Å²) in [4.78, 5) is 26.2. The lowest BCUT2D eigenvalue weighted by atomic mass is 9.76. The third-order valence-corrected chi connectivity index (χ3v) is 2.60. The predicted molar refractivity (Wildman–Crippen MR) is 68.1 cm³/mol. The largest absolute Gasteiger partial charge is 0.479 e. The molecule has 0 atom stereocenters. The highest BCUT2D eigenvalue weighted by Crippen LogP contribution is 2.34. The molecule has 1 rings (SSSR count). The number of hydrogen-bond donors (Lipinski definition) is 3. The van der Waals surface area contributed by atoms with Crippen LogP contribution in [-0.2, 0) is 9.53 Å². The highest BCUT2D eigenvalue weighted by Gasteiger charge is 2.49. The molecule has 0 aromatic heterocycles. The van der Waals surface area contributed by atoms with E-state index in [2.05, 4.69) is 10.3 Å². The van der Waals surface area contributed by atoms with Crippen LogP contribution in [-0.4, -0.2) is 45.4 Å². The van der Waals surface area contributed by atoms with E-state index < -0.39 is 23.3 Å². The molecule has 19 heavy (non-hydrogen) atoms. The summed E-state index contributed by atoms with van der Waals surface area (Å²) in [5, 5.41) is 20.7. The molecule has 1 aliphatic rings. The van der Waals surface area contributed by atoms with E-state index >= 15 is 0 Å². The Morgan fingerprint density at radius 3 is 2.32 bits per heavy atom. The summed E-state index contributed by atoms with van der Waals surface area (Å²) in [7, 11) is 0. The van der Waals surface area contributed by atoms with Crippen LogP contribution in [0.15, 0.2) is 4.99 Å². The predicted octanol–water partition coefficient (Wildman–Crippen LogP) is 0.908. The summed E-state index contributed by atoms with van der Waals surface area (Å²) < 4.78 is 5.05. The van der Waals surface area contributed by atoms with Crippen LogP contribution in [0, 0.1) is 0 Å². The fourth-order valence-corrected chi connectivity index (χ4v) is 1.74. The maximum absolute atomic E-state index is 11.4. The van der Waals surface area contributed by atoms with Crippen LogP contribution in [0.4, 0.5) is 4.79 Å². The number of aliphatic imine (C=N–C) groups is 1. The van der Waals surface area contributed by atoms with Crippen molar-refractivity contribution in [1.82, 2.24) is 5.32 Å². The molecule has 0 saturated heterocycles. The molecule has 1 amide bonds. The van der Waals surface area contributed by atoms with Crippen LogP contribution in [0.2, 0.25) is 0 Å². The molecule has 1 aliphatic carbocycles. The number of aliphatic hydroxyl groups is 1. The third-order valence-electron chi connectivity index (χ3n) is 2.60. The average molecular weight is 272 g/mol. The van der Waals surface area contributed by atoms with Gasteiger partial charge < -0.3 is 14.9 Å². The molecule has 1 fully saturated rings. The number of ether oxygens (including phenoxy) is 1. The molecule has 108 valence electrons. The van der Waals surface area contributed by atoms with Crippen molar-refractivity contribution in [3.63, 3.8) is 0 Å². The van der Waals surface area contributed by atoms with Crippen molar-refractivity contribution in [2.75, 3.05) is 0 Å². The van der Waals surface area contributed by atoms with Crippen molar-refractivity contribution in [1.29, 1.82) is 0 Å². The van der Waals surface area contributed by atoms with E-state index in [4.69, 9.17) is 9.84 Å². The van der Waals surface area contributed by atoms with Gasteiger partial charge in [-0.05, 0) is 27.7 Å². The number of carbonyl (C=O) groups is 2. The van der Waals surface area contributed by atoms with Gasteiger partial charge in [0, 0.05) is 12.8 Å². The lowest BCUT2D eigenvalue weighted by Gasteiger charge is -2.37. The molecule has 0 bridgehead atoms. The number of rotatable bonds is 2. The molecular formula is C12H20N2O5. The second kappa shape index (κ2) is 5.16. The summed E-state index contributed by atoms with van der Waals surface area (Å²) in [5.41, 5.74) is -2.27.